The van der Waals surface area contributed by atoms with E-state index in [1.807, 2.05) is 33.8 Å². The van der Waals surface area contributed by atoms with Crippen LogP contribution >= 0.6 is 11.6 Å². The van der Waals surface area contributed by atoms with Crippen molar-refractivity contribution in [1.82, 2.24) is 0 Å². The Balaban J connectivity index is 1.90. The zero-order valence-electron chi connectivity index (χ0n) is 17.3. The summed E-state index contributed by atoms with van der Waals surface area (Å²) in [6, 6.07) is 6.89. The van der Waals surface area contributed by atoms with E-state index in [9.17, 15) is 4.79 Å². The van der Waals surface area contributed by atoms with E-state index in [1.54, 1.807) is 18.2 Å². The first-order valence-electron chi connectivity index (χ1n) is 9.64. The van der Waals surface area contributed by atoms with Crippen molar-refractivity contribution in [1.29, 1.82) is 0 Å². The molecule has 2 aromatic carbocycles. The second-order valence-corrected chi connectivity index (χ2v) is 7.54. The maximum atomic E-state index is 12.9. The third kappa shape index (κ3) is 4.70. The minimum absolute atomic E-state index is 0.0800. The fraction of sp³-hybridized carbons (Fsp3) is 0.409. The van der Waals surface area contributed by atoms with Gasteiger partial charge in [0.2, 0.25) is 0 Å². The monoisotopic (exact) mass is 419 g/mol. The van der Waals surface area contributed by atoms with Crippen LogP contribution in [0.4, 0.5) is 5.69 Å². The van der Waals surface area contributed by atoms with Gasteiger partial charge in [0, 0.05) is 23.6 Å². The molecule has 7 heteroatoms. The van der Waals surface area contributed by atoms with Gasteiger partial charge in [0.25, 0.3) is 5.91 Å². The van der Waals surface area contributed by atoms with E-state index in [-0.39, 0.29) is 18.1 Å². The molecule has 1 heterocycles. The first kappa shape index (κ1) is 21.1. The predicted molar refractivity (Wildman–Crippen MR) is 113 cm³/mol. The number of hydrogen-bond acceptors (Lipinski definition) is 5. The van der Waals surface area contributed by atoms with Crippen LogP contribution in [0.15, 0.2) is 24.3 Å². The SMILES string of the molecule is CCOc1cc2c(cc1NC(=O)c1cc(Cl)c(OC(C)C)c(OC)c1)O[C@H](C)C2. The molecule has 6 nitrogen and oxygen atoms in total. The molecule has 2 aromatic rings. The maximum Gasteiger partial charge on any atom is 0.255 e. The number of amides is 1. The second kappa shape index (κ2) is 8.82. The van der Waals surface area contributed by atoms with Crippen molar-refractivity contribution < 1.29 is 23.7 Å². The van der Waals surface area contributed by atoms with E-state index in [0.717, 1.165) is 17.7 Å². The lowest BCUT2D eigenvalue weighted by Gasteiger charge is -2.17. The summed E-state index contributed by atoms with van der Waals surface area (Å²) in [5.74, 6) is 1.83. The minimum Gasteiger partial charge on any atom is -0.493 e. The summed E-state index contributed by atoms with van der Waals surface area (Å²) >= 11 is 6.35. The van der Waals surface area contributed by atoms with E-state index in [4.69, 9.17) is 30.5 Å². The molecule has 1 N–H and O–H groups in total. The number of halogens is 1. The quantitative estimate of drug-likeness (QED) is 0.675. The lowest BCUT2D eigenvalue weighted by atomic mass is 10.1. The van der Waals surface area contributed by atoms with Crippen LogP contribution in [0.3, 0.4) is 0 Å². The number of carbonyl (C=O) groups excluding carboxylic acids is 1. The number of anilines is 1. The van der Waals surface area contributed by atoms with Crippen molar-refractivity contribution in [3.8, 4) is 23.0 Å². The molecule has 1 amide bonds. The number of carbonyl (C=O) groups is 1. The van der Waals surface area contributed by atoms with E-state index >= 15 is 0 Å². The minimum atomic E-state index is -0.340. The van der Waals surface area contributed by atoms with Crippen LogP contribution in [-0.4, -0.2) is 31.8 Å². The van der Waals surface area contributed by atoms with Crippen LogP contribution in [0.5, 0.6) is 23.0 Å². The highest BCUT2D eigenvalue weighted by Crippen LogP contribution is 2.40. The number of benzene rings is 2. The first-order valence-corrected chi connectivity index (χ1v) is 10.0. The third-order valence-electron chi connectivity index (χ3n) is 4.39. The van der Waals surface area contributed by atoms with Gasteiger partial charge in [-0.1, -0.05) is 11.6 Å². The molecule has 0 radical (unpaired) electrons. The van der Waals surface area contributed by atoms with Crippen LogP contribution in [-0.2, 0) is 6.42 Å². The van der Waals surface area contributed by atoms with Gasteiger partial charge in [-0.2, -0.15) is 0 Å². The Labute approximate surface area is 176 Å². The van der Waals surface area contributed by atoms with E-state index in [2.05, 4.69) is 5.32 Å². The fourth-order valence-corrected chi connectivity index (χ4v) is 3.46. The van der Waals surface area contributed by atoms with Crippen molar-refractivity contribution in [2.45, 2.75) is 46.3 Å². The maximum absolute atomic E-state index is 12.9. The molecule has 3 rings (SSSR count). The molecule has 0 aromatic heterocycles. The summed E-state index contributed by atoms with van der Waals surface area (Å²) < 4.78 is 22.6. The number of fused-ring (bicyclic) bond motifs is 1. The fourth-order valence-electron chi connectivity index (χ4n) is 3.21. The molecule has 1 aliphatic rings. The van der Waals surface area contributed by atoms with Gasteiger partial charge in [0.15, 0.2) is 11.5 Å². The average molecular weight is 420 g/mol. The Morgan fingerprint density at radius 2 is 2.03 bits per heavy atom. The summed E-state index contributed by atoms with van der Waals surface area (Å²) in [4.78, 5) is 12.9. The number of ether oxygens (including phenoxy) is 4. The van der Waals surface area contributed by atoms with Gasteiger partial charge in [-0.15, -0.1) is 0 Å². The van der Waals surface area contributed by atoms with Crippen LogP contribution < -0.4 is 24.3 Å². The zero-order valence-corrected chi connectivity index (χ0v) is 18.1. The molecule has 0 saturated heterocycles. The van der Waals surface area contributed by atoms with Gasteiger partial charge in [0.1, 0.15) is 17.6 Å². The Morgan fingerprint density at radius 3 is 2.69 bits per heavy atom. The molecule has 0 aliphatic carbocycles. The molecule has 1 aliphatic heterocycles. The predicted octanol–water partition coefficient (Wildman–Crippen LogP) is 5.11. The molecule has 1 atom stereocenters. The summed E-state index contributed by atoms with van der Waals surface area (Å²) in [7, 11) is 1.51. The van der Waals surface area contributed by atoms with Crippen molar-refractivity contribution in [3.05, 3.63) is 40.4 Å². The Bertz CT molecular complexity index is 913. The molecule has 156 valence electrons. The smallest absolute Gasteiger partial charge is 0.255 e. The molecular weight excluding hydrogens is 394 g/mol. The summed E-state index contributed by atoms with van der Waals surface area (Å²) in [6.45, 7) is 8.17. The van der Waals surface area contributed by atoms with E-state index in [0.29, 0.717) is 40.1 Å². The van der Waals surface area contributed by atoms with E-state index in [1.165, 1.54) is 7.11 Å². The standard InChI is InChI=1S/C22H26ClNO5/c1-6-27-19-9-14-7-13(4)29-18(14)11-17(19)24-22(25)15-8-16(23)21(28-12(2)3)20(10-15)26-5/h8-13H,6-7H2,1-5H3,(H,24,25)/t13-/m1/s1. The summed E-state index contributed by atoms with van der Waals surface area (Å²) in [6.07, 6.45) is 0.832. The Kier molecular flexibility index (Phi) is 6.42. The van der Waals surface area contributed by atoms with Crippen LogP contribution in [0.25, 0.3) is 0 Å². The van der Waals surface area contributed by atoms with Gasteiger partial charge >= 0.3 is 0 Å². The molecular formula is C22H26ClNO5. The molecule has 29 heavy (non-hydrogen) atoms. The molecule has 0 fully saturated rings. The van der Waals surface area contributed by atoms with Gasteiger partial charge in [-0.3, -0.25) is 4.79 Å². The van der Waals surface area contributed by atoms with Gasteiger partial charge < -0.3 is 24.3 Å². The van der Waals surface area contributed by atoms with E-state index < -0.39 is 0 Å². The molecule has 0 spiro atoms. The van der Waals surface area contributed by atoms with Crippen molar-refractivity contribution >= 4 is 23.2 Å². The highest BCUT2D eigenvalue weighted by Gasteiger charge is 2.23. The Morgan fingerprint density at radius 1 is 1.28 bits per heavy atom. The lowest BCUT2D eigenvalue weighted by Crippen LogP contribution is -2.14. The number of methoxy groups -OCH3 is 1. The van der Waals surface area contributed by atoms with Crippen LogP contribution in [0.1, 0.15) is 43.6 Å². The highest BCUT2D eigenvalue weighted by atomic mass is 35.5. The second-order valence-electron chi connectivity index (χ2n) is 7.13. The largest absolute Gasteiger partial charge is 0.493 e. The molecule has 0 bridgehead atoms. The molecule has 0 unspecified atom stereocenters. The van der Waals surface area contributed by atoms with Crippen molar-refractivity contribution in [2.24, 2.45) is 0 Å². The summed E-state index contributed by atoms with van der Waals surface area (Å²) in [5, 5.41) is 3.20. The number of nitrogens with one attached hydrogen (secondary N) is 1. The summed E-state index contributed by atoms with van der Waals surface area (Å²) in [5.41, 5.74) is 1.96. The molecule has 0 saturated carbocycles. The normalized spacial score (nSPS) is 14.9. The van der Waals surface area contributed by atoms with Gasteiger partial charge in [-0.05, 0) is 45.9 Å². The van der Waals surface area contributed by atoms with Crippen molar-refractivity contribution in [3.63, 3.8) is 0 Å². The van der Waals surface area contributed by atoms with Crippen LogP contribution in [0.2, 0.25) is 5.02 Å². The lowest BCUT2D eigenvalue weighted by molar-refractivity contribution is 0.102. The van der Waals surface area contributed by atoms with Gasteiger partial charge in [0.05, 0.1) is 30.5 Å². The third-order valence-corrected chi connectivity index (χ3v) is 4.67. The average Bonchev–Trinajstić information content (AvgIpc) is 3.02. The number of rotatable bonds is 7. The topological polar surface area (TPSA) is 66.0 Å². The Hall–Kier alpha value is -2.60. The zero-order chi connectivity index (χ0) is 21.1. The van der Waals surface area contributed by atoms with Crippen LogP contribution in [0, 0.1) is 0 Å². The first-order chi connectivity index (χ1) is 13.8. The highest BCUT2D eigenvalue weighted by molar-refractivity contribution is 6.32. The van der Waals surface area contributed by atoms with Crippen molar-refractivity contribution in [2.75, 3.05) is 19.0 Å². The van der Waals surface area contributed by atoms with Gasteiger partial charge in [-0.25, -0.2) is 0 Å². The number of hydrogen-bond donors (Lipinski definition) is 1.